The third kappa shape index (κ3) is 2.81. The molecule has 0 unspecified atom stereocenters. The van der Waals surface area contributed by atoms with Gasteiger partial charge in [-0.3, -0.25) is 9.82 Å². The van der Waals surface area contributed by atoms with Crippen LogP contribution in [0.5, 0.6) is 0 Å². The van der Waals surface area contributed by atoms with Gasteiger partial charge in [0.15, 0.2) is 5.03 Å². The first kappa shape index (κ1) is 14.9. The SMILES string of the molecule is NCc1cn[nH]c1S(=O)(=O)Nc1cc(F)c(Br)cc1F. The Morgan fingerprint density at radius 2 is 2.05 bits per heavy atom. The molecule has 2 aromatic rings. The third-order valence-electron chi connectivity index (χ3n) is 2.42. The number of halogens is 3. The number of nitrogens with zero attached hydrogens (tertiary/aromatic N) is 1. The van der Waals surface area contributed by atoms with Gasteiger partial charge in [0, 0.05) is 18.2 Å². The number of nitrogens with two attached hydrogens (primary N) is 1. The fourth-order valence-electron chi connectivity index (χ4n) is 1.47. The lowest BCUT2D eigenvalue weighted by Crippen LogP contribution is -2.17. The van der Waals surface area contributed by atoms with Crippen molar-refractivity contribution in [3.63, 3.8) is 0 Å². The molecule has 0 aliphatic rings. The standard InChI is InChI=1S/C10H9BrF2N4O2S/c11-6-1-8(13)9(2-7(6)12)17-20(18,19)10-5(3-14)4-15-16-10/h1-2,4,17H,3,14H2,(H,15,16). The van der Waals surface area contributed by atoms with Crippen LogP contribution in [0.25, 0.3) is 0 Å². The van der Waals surface area contributed by atoms with E-state index in [9.17, 15) is 17.2 Å². The van der Waals surface area contributed by atoms with Crippen LogP contribution < -0.4 is 10.5 Å². The van der Waals surface area contributed by atoms with Gasteiger partial charge in [-0.2, -0.15) is 13.5 Å². The van der Waals surface area contributed by atoms with E-state index in [1.54, 1.807) is 0 Å². The second kappa shape index (κ2) is 5.46. The van der Waals surface area contributed by atoms with Crippen molar-refractivity contribution in [3.8, 4) is 0 Å². The number of aromatic nitrogens is 2. The molecule has 10 heteroatoms. The number of benzene rings is 1. The largest absolute Gasteiger partial charge is 0.326 e. The molecule has 0 spiro atoms. The van der Waals surface area contributed by atoms with Crippen molar-refractivity contribution in [1.29, 1.82) is 0 Å². The van der Waals surface area contributed by atoms with Crippen LogP contribution in [0.15, 0.2) is 27.8 Å². The highest BCUT2D eigenvalue weighted by Crippen LogP contribution is 2.25. The molecule has 0 bridgehead atoms. The van der Waals surface area contributed by atoms with Gasteiger partial charge in [-0.05, 0) is 22.0 Å². The molecule has 6 nitrogen and oxygen atoms in total. The van der Waals surface area contributed by atoms with Crippen LogP contribution >= 0.6 is 15.9 Å². The minimum atomic E-state index is -4.13. The zero-order valence-corrected chi connectivity index (χ0v) is 12.2. The average molecular weight is 367 g/mol. The fraction of sp³-hybridized carbons (Fsp3) is 0.100. The molecule has 1 aromatic carbocycles. The summed E-state index contributed by atoms with van der Waals surface area (Å²) in [6, 6.07) is 1.56. The minimum absolute atomic E-state index is 0.0656. The van der Waals surface area contributed by atoms with E-state index < -0.39 is 27.3 Å². The Morgan fingerprint density at radius 3 is 2.70 bits per heavy atom. The van der Waals surface area contributed by atoms with E-state index in [0.717, 1.165) is 12.1 Å². The molecule has 0 amide bonds. The number of H-pyrrole nitrogens is 1. The zero-order chi connectivity index (χ0) is 14.9. The summed E-state index contributed by atoms with van der Waals surface area (Å²) < 4.78 is 52.9. The molecule has 0 aliphatic carbocycles. The lowest BCUT2D eigenvalue weighted by Gasteiger charge is -2.09. The first-order valence-corrected chi connectivity index (χ1v) is 7.52. The van der Waals surface area contributed by atoms with Crippen LogP contribution in [-0.4, -0.2) is 18.6 Å². The zero-order valence-electron chi connectivity index (χ0n) is 9.82. The van der Waals surface area contributed by atoms with Gasteiger partial charge in [-0.25, -0.2) is 8.78 Å². The molecular formula is C10H9BrF2N4O2S. The summed E-state index contributed by atoms with van der Waals surface area (Å²) in [7, 11) is -4.13. The second-order valence-electron chi connectivity index (χ2n) is 3.78. The van der Waals surface area contributed by atoms with Crippen LogP contribution in [0, 0.1) is 11.6 Å². The van der Waals surface area contributed by atoms with Crippen molar-refractivity contribution in [2.75, 3.05) is 4.72 Å². The van der Waals surface area contributed by atoms with E-state index in [1.807, 2.05) is 4.72 Å². The Labute approximate surface area is 121 Å². The molecule has 0 atom stereocenters. The summed E-state index contributed by atoms with van der Waals surface area (Å²) in [6.07, 6.45) is 1.24. The highest BCUT2D eigenvalue weighted by molar-refractivity contribution is 9.10. The Hall–Kier alpha value is -1.52. The second-order valence-corrected chi connectivity index (χ2v) is 6.25. The summed E-state index contributed by atoms with van der Waals surface area (Å²) in [6.45, 7) is -0.0656. The van der Waals surface area contributed by atoms with E-state index in [4.69, 9.17) is 5.73 Å². The monoisotopic (exact) mass is 366 g/mol. The maximum atomic E-state index is 13.6. The van der Waals surface area contributed by atoms with E-state index in [-0.39, 0.29) is 21.6 Å². The number of hydrogen-bond acceptors (Lipinski definition) is 4. The molecular weight excluding hydrogens is 358 g/mol. The average Bonchev–Trinajstić information content (AvgIpc) is 2.84. The Morgan fingerprint density at radius 1 is 1.35 bits per heavy atom. The van der Waals surface area contributed by atoms with Crippen molar-refractivity contribution < 1.29 is 17.2 Å². The maximum absolute atomic E-state index is 13.6. The van der Waals surface area contributed by atoms with Gasteiger partial charge in [0.2, 0.25) is 0 Å². The molecule has 0 aliphatic heterocycles. The van der Waals surface area contributed by atoms with Crippen LogP contribution in [0.1, 0.15) is 5.56 Å². The number of nitrogens with one attached hydrogen (secondary N) is 2. The van der Waals surface area contributed by atoms with Crippen LogP contribution in [0.4, 0.5) is 14.5 Å². The molecule has 0 saturated carbocycles. The van der Waals surface area contributed by atoms with Gasteiger partial charge in [-0.1, -0.05) is 0 Å². The number of rotatable bonds is 4. The van der Waals surface area contributed by atoms with E-state index in [0.29, 0.717) is 0 Å². The van der Waals surface area contributed by atoms with Gasteiger partial charge in [0.1, 0.15) is 11.6 Å². The number of hydrogen-bond donors (Lipinski definition) is 3. The first-order chi connectivity index (χ1) is 9.35. The van der Waals surface area contributed by atoms with Gasteiger partial charge in [0.05, 0.1) is 16.4 Å². The van der Waals surface area contributed by atoms with Crippen molar-refractivity contribution >= 4 is 31.6 Å². The Bertz CT molecular complexity index is 748. The molecule has 0 radical (unpaired) electrons. The van der Waals surface area contributed by atoms with Gasteiger partial charge in [0.25, 0.3) is 10.0 Å². The maximum Gasteiger partial charge on any atom is 0.279 e. The van der Waals surface area contributed by atoms with Gasteiger partial charge in [-0.15, -0.1) is 0 Å². The number of aromatic amines is 1. The van der Waals surface area contributed by atoms with Gasteiger partial charge >= 0.3 is 0 Å². The summed E-state index contributed by atoms with van der Waals surface area (Å²) in [4.78, 5) is 0. The van der Waals surface area contributed by atoms with Crippen molar-refractivity contribution in [3.05, 3.63) is 40.0 Å². The number of sulfonamides is 1. The Balaban J connectivity index is 2.41. The first-order valence-electron chi connectivity index (χ1n) is 5.25. The molecule has 4 N–H and O–H groups in total. The topological polar surface area (TPSA) is 101 Å². The molecule has 1 aromatic heterocycles. The smallest absolute Gasteiger partial charge is 0.279 e. The summed E-state index contributed by atoms with van der Waals surface area (Å²) in [5, 5.41) is 5.52. The molecule has 0 saturated heterocycles. The third-order valence-corrected chi connectivity index (χ3v) is 4.41. The van der Waals surface area contributed by atoms with E-state index >= 15 is 0 Å². The highest BCUT2D eigenvalue weighted by atomic mass is 79.9. The normalized spacial score (nSPS) is 11.6. The molecule has 1 heterocycles. The van der Waals surface area contributed by atoms with E-state index in [1.165, 1.54) is 6.20 Å². The van der Waals surface area contributed by atoms with Crippen LogP contribution in [0.3, 0.4) is 0 Å². The number of anilines is 1. The van der Waals surface area contributed by atoms with Crippen LogP contribution in [0.2, 0.25) is 0 Å². The lowest BCUT2D eigenvalue weighted by molar-refractivity contribution is 0.589. The summed E-state index contributed by atoms with van der Waals surface area (Å²) >= 11 is 2.80. The van der Waals surface area contributed by atoms with Gasteiger partial charge < -0.3 is 5.73 Å². The molecule has 20 heavy (non-hydrogen) atoms. The van der Waals surface area contributed by atoms with Crippen molar-refractivity contribution in [2.24, 2.45) is 5.73 Å². The van der Waals surface area contributed by atoms with E-state index in [2.05, 4.69) is 26.1 Å². The minimum Gasteiger partial charge on any atom is -0.326 e. The van der Waals surface area contributed by atoms with Crippen LogP contribution in [-0.2, 0) is 16.6 Å². The lowest BCUT2D eigenvalue weighted by atomic mass is 10.3. The highest BCUT2D eigenvalue weighted by Gasteiger charge is 2.22. The van der Waals surface area contributed by atoms with Crippen molar-refractivity contribution in [2.45, 2.75) is 11.6 Å². The predicted octanol–water partition coefficient (Wildman–Crippen LogP) is 1.71. The molecule has 0 fully saturated rings. The predicted molar refractivity (Wildman–Crippen MR) is 71.3 cm³/mol. The van der Waals surface area contributed by atoms with Crippen molar-refractivity contribution in [1.82, 2.24) is 10.2 Å². The summed E-state index contributed by atoms with van der Waals surface area (Å²) in [5.41, 5.74) is 5.09. The molecule has 2 rings (SSSR count). The quantitative estimate of drug-likeness (QED) is 0.716. The fourth-order valence-corrected chi connectivity index (χ4v) is 2.99. The Kier molecular flexibility index (Phi) is 4.06. The summed E-state index contributed by atoms with van der Waals surface area (Å²) in [5.74, 6) is -1.72. The molecule has 108 valence electrons.